The van der Waals surface area contributed by atoms with Gasteiger partial charge in [0.25, 0.3) is 0 Å². The van der Waals surface area contributed by atoms with Crippen LogP contribution >= 0.6 is 0 Å². The first-order valence-electron chi connectivity index (χ1n) is 7.61. The molecule has 0 aliphatic carbocycles. The van der Waals surface area contributed by atoms with E-state index in [4.69, 9.17) is 0 Å². The Bertz CT molecular complexity index is 837. The van der Waals surface area contributed by atoms with Crippen molar-refractivity contribution in [3.05, 3.63) is 71.4 Å². The van der Waals surface area contributed by atoms with E-state index in [0.717, 1.165) is 28.7 Å². The largest absolute Gasteiger partial charge is 0.357 e. The van der Waals surface area contributed by atoms with Crippen molar-refractivity contribution in [3.8, 4) is 0 Å². The van der Waals surface area contributed by atoms with E-state index < -0.39 is 11.6 Å². The molecule has 0 spiro atoms. The van der Waals surface area contributed by atoms with E-state index in [1.165, 1.54) is 6.07 Å². The van der Waals surface area contributed by atoms with Gasteiger partial charge in [0.2, 0.25) is 0 Å². The average Bonchev–Trinajstić information content (AvgIpc) is 3.00. The number of H-pyrrole nitrogens is 1. The van der Waals surface area contributed by atoms with E-state index >= 15 is 0 Å². The normalized spacial score (nSPS) is 11.7. The smallest absolute Gasteiger partial charge is 0.191 e. The minimum absolute atomic E-state index is 0.149. The molecule has 3 N–H and O–H groups in total. The molecule has 1 heterocycles. The SMILES string of the molecule is CN=C(NCc1cc2ccccc2[nH]1)NCc1cc(F)ccc1F. The van der Waals surface area contributed by atoms with Gasteiger partial charge in [0.05, 0.1) is 6.54 Å². The second kappa shape index (κ2) is 7.12. The molecule has 0 atom stereocenters. The Morgan fingerprint density at radius 2 is 1.83 bits per heavy atom. The molecule has 3 aromatic rings. The van der Waals surface area contributed by atoms with Crippen molar-refractivity contribution in [1.82, 2.24) is 15.6 Å². The molecule has 6 heteroatoms. The zero-order valence-electron chi connectivity index (χ0n) is 13.2. The molecular formula is C18H18F2N4. The summed E-state index contributed by atoms with van der Waals surface area (Å²) in [4.78, 5) is 7.40. The highest BCUT2D eigenvalue weighted by molar-refractivity contribution is 5.81. The molecule has 0 amide bonds. The molecule has 2 aromatic carbocycles. The fraction of sp³-hybridized carbons (Fsp3) is 0.167. The number of nitrogens with one attached hydrogen (secondary N) is 3. The number of halogens is 2. The van der Waals surface area contributed by atoms with Gasteiger partial charge in [-0.3, -0.25) is 4.99 Å². The van der Waals surface area contributed by atoms with Crippen LogP contribution in [0.4, 0.5) is 8.78 Å². The molecule has 0 saturated heterocycles. The molecule has 0 radical (unpaired) electrons. The Morgan fingerprint density at radius 3 is 2.62 bits per heavy atom. The first kappa shape index (κ1) is 16.0. The zero-order chi connectivity index (χ0) is 16.9. The summed E-state index contributed by atoms with van der Waals surface area (Å²) in [5, 5.41) is 7.26. The van der Waals surface area contributed by atoms with Gasteiger partial charge in [-0.1, -0.05) is 18.2 Å². The number of guanidine groups is 1. The van der Waals surface area contributed by atoms with Crippen LogP contribution in [-0.4, -0.2) is 18.0 Å². The first-order valence-corrected chi connectivity index (χ1v) is 7.61. The molecule has 0 saturated carbocycles. The van der Waals surface area contributed by atoms with Gasteiger partial charge in [0.15, 0.2) is 5.96 Å². The van der Waals surface area contributed by atoms with Gasteiger partial charge >= 0.3 is 0 Å². The summed E-state index contributed by atoms with van der Waals surface area (Å²) in [6.07, 6.45) is 0. The molecule has 0 fully saturated rings. The Hall–Kier alpha value is -2.89. The van der Waals surface area contributed by atoms with Crippen molar-refractivity contribution in [1.29, 1.82) is 0 Å². The van der Waals surface area contributed by atoms with Crippen molar-refractivity contribution in [2.75, 3.05) is 7.05 Å². The maximum Gasteiger partial charge on any atom is 0.191 e. The quantitative estimate of drug-likeness (QED) is 0.508. The molecule has 3 rings (SSSR count). The minimum atomic E-state index is -0.464. The fourth-order valence-electron chi connectivity index (χ4n) is 2.49. The van der Waals surface area contributed by atoms with Gasteiger partial charge in [0, 0.05) is 30.4 Å². The number of rotatable bonds is 4. The molecule has 0 aliphatic rings. The minimum Gasteiger partial charge on any atom is -0.357 e. The van der Waals surface area contributed by atoms with Crippen LogP contribution in [0.5, 0.6) is 0 Å². The van der Waals surface area contributed by atoms with Crippen LogP contribution in [0.15, 0.2) is 53.5 Å². The van der Waals surface area contributed by atoms with Crippen LogP contribution in [0, 0.1) is 11.6 Å². The lowest BCUT2D eigenvalue weighted by Gasteiger charge is -2.12. The van der Waals surface area contributed by atoms with E-state index in [1.807, 2.05) is 24.3 Å². The lowest BCUT2D eigenvalue weighted by Crippen LogP contribution is -2.36. The van der Waals surface area contributed by atoms with Crippen LogP contribution in [-0.2, 0) is 13.1 Å². The summed E-state index contributed by atoms with van der Waals surface area (Å²) in [6, 6.07) is 13.5. The maximum absolute atomic E-state index is 13.6. The van der Waals surface area contributed by atoms with Crippen molar-refractivity contribution >= 4 is 16.9 Å². The molecule has 1 aromatic heterocycles. The molecule has 0 bridgehead atoms. The highest BCUT2D eigenvalue weighted by atomic mass is 19.1. The van der Waals surface area contributed by atoms with E-state index in [2.05, 4.69) is 26.7 Å². The van der Waals surface area contributed by atoms with E-state index in [1.54, 1.807) is 7.05 Å². The van der Waals surface area contributed by atoms with E-state index in [0.29, 0.717) is 12.5 Å². The van der Waals surface area contributed by atoms with Crippen molar-refractivity contribution in [3.63, 3.8) is 0 Å². The monoisotopic (exact) mass is 328 g/mol. The van der Waals surface area contributed by atoms with Gasteiger partial charge in [-0.25, -0.2) is 8.78 Å². The van der Waals surface area contributed by atoms with Crippen molar-refractivity contribution < 1.29 is 8.78 Å². The molecule has 4 nitrogen and oxygen atoms in total. The molecule has 124 valence electrons. The Kier molecular flexibility index (Phi) is 4.74. The Balaban J connectivity index is 1.59. The summed E-state index contributed by atoms with van der Waals surface area (Å²) in [7, 11) is 1.63. The topological polar surface area (TPSA) is 52.2 Å². The lowest BCUT2D eigenvalue weighted by atomic mass is 10.2. The van der Waals surface area contributed by atoms with Gasteiger partial charge in [-0.2, -0.15) is 0 Å². The van der Waals surface area contributed by atoms with Crippen molar-refractivity contribution in [2.24, 2.45) is 4.99 Å². The second-order valence-corrected chi connectivity index (χ2v) is 5.40. The predicted molar refractivity (Wildman–Crippen MR) is 91.7 cm³/mol. The number of para-hydroxylation sites is 1. The third kappa shape index (κ3) is 3.71. The standard InChI is InChI=1S/C18H18F2N4/c1-21-18(22-10-13-8-14(19)6-7-16(13)20)23-11-15-9-12-4-2-3-5-17(12)24-15/h2-9,24H,10-11H2,1H3,(H2,21,22,23). The summed E-state index contributed by atoms with van der Waals surface area (Å²) < 4.78 is 26.8. The lowest BCUT2D eigenvalue weighted by molar-refractivity contribution is 0.581. The number of aromatic nitrogens is 1. The summed E-state index contributed by atoms with van der Waals surface area (Å²) in [5.74, 6) is -0.401. The zero-order valence-corrected chi connectivity index (χ0v) is 13.2. The number of nitrogens with zero attached hydrogens (tertiary/aromatic N) is 1. The van der Waals surface area contributed by atoms with E-state index in [-0.39, 0.29) is 12.1 Å². The number of hydrogen-bond donors (Lipinski definition) is 3. The fourth-order valence-corrected chi connectivity index (χ4v) is 2.49. The Labute approximate surface area is 138 Å². The molecule has 24 heavy (non-hydrogen) atoms. The number of fused-ring (bicyclic) bond motifs is 1. The van der Waals surface area contributed by atoms with Crippen LogP contribution < -0.4 is 10.6 Å². The summed E-state index contributed by atoms with van der Waals surface area (Å²) in [5.41, 5.74) is 2.33. The summed E-state index contributed by atoms with van der Waals surface area (Å²) in [6.45, 7) is 0.690. The molecule has 0 unspecified atom stereocenters. The van der Waals surface area contributed by atoms with Crippen LogP contribution in [0.2, 0.25) is 0 Å². The van der Waals surface area contributed by atoms with Gasteiger partial charge in [-0.15, -0.1) is 0 Å². The van der Waals surface area contributed by atoms with E-state index in [9.17, 15) is 8.78 Å². The molecule has 0 aliphatic heterocycles. The second-order valence-electron chi connectivity index (χ2n) is 5.40. The summed E-state index contributed by atoms with van der Waals surface area (Å²) >= 11 is 0. The number of aromatic amines is 1. The predicted octanol–water partition coefficient (Wildman–Crippen LogP) is 3.31. The van der Waals surface area contributed by atoms with Gasteiger partial charge in [-0.05, 0) is 35.7 Å². The number of benzene rings is 2. The van der Waals surface area contributed by atoms with Crippen LogP contribution in [0.25, 0.3) is 10.9 Å². The van der Waals surface area contributed by atoms with Gasteiger partial charge < -0.3 is 15.6 Å². The third-order valence-electron chi connectivity index (χ3n) is 3.71. The average molecular weight is 328 g/mol. The van der Waals surface area contributed by atoms with Gasteiger partial charge in [0.1, 0.15) is 11.6 Å². The number of hydrogen-bond acceptors (Lipinski definition) is 1. The van der Waals surface area contributed by atoms with Crippen LogP contribution in [0.3, 0.4) is 0 Å². The highest BCUT2D eigenvalue weighted by Crippen LogP contribution is 2.14. The van der Waals surface area contributed by atoms with Crippen molar-refractivity contribution in [2.45, 2.75) is 13.1 Å². The number of aliphatic imine (C=N–C) groups is 1. The third-order valence-corrected chi connectivity index (χ3v) is 3.71. The Morgan fingerprint density at radius 1 is 1.04 bits per heavy atom. The molecular weight excluding hydrogens is 310 g/mol. The first-order chi connectivity index (χ1) is 11.7. The van der Waals surface area contributed by atoms with Crippen LogP contribution in [0.1, 0.15) is 11.3 Å². The highest BCUT2D eigenvalue weighted by Gasteiger charge is 2.06. The maximum atomic E-state index is 13.6.